The van der Waals surface area contributed by atoms with Crippen LogP contribution in [0.15, 0.2) is 24.5 Å². The zero-order valence-electron chi connectivity index (χ0n) is 10.2. The molecule has 2 heterocycles. The Morgan fingerprint density at radius 2 is 2.24 bits per heavy atom. The molecule has 2 rings (SSSR count). The molecule has 0 bridgehead atoms. The van der Waals surface area contributed by atoms with Gasteiger partial charge in [0, 0.05) is 37.1 Å². The van der Waals surface area contributed by atoms with Gasteiger partial charge in [-0.3, -0.25) is 9.78 Å². The molecule has 1 aliphatic rings. The molecule has 1 aromatic heterocycles. The van der Waals surface area contributed by atoms with Crippen molar-refractivity contribution in [2.45, 2.75) is 25.8 Å². The van der Waals surface area contributed by atoms with Crippen molar-refractivity contribution in [1.82, 2.24) is 9.88 Å². The van der Waals surface area contributed by atoms with E-state index in [1.54, 1.807) is 24.5 Å². The van der Waals surface area contributed by atoms with E-state index in [2.05, 4.69) is 11.9 Å². The zero-order chi connectivity index (χ0) is 12.3. The number of hydrogen-bond acceptors (Lipinski definition) is 3. The number of carbonyl (C=O) groups excluding carboxylic acids is 1. The third-order valence-corrected chi connectivity index (χ3v) is 3.55. The van der Waals surface area contributed by atoms with Gasteiger partial charge < -0.3 is 10.6 Å². The number of piperidine rings is 1. The van der Waals surface area contributed by atoms with Crippen LogP contribution in [-0.2, 0) is 0 Å². The standard InChI is InChI=1S/C13H19N3O/c1-10-3-2-8-16(12(10)9-14)13(17)11-4-6-15-7-5-11/h4-7,10,12H,2-3,8-9,14H2,1H3/t10-,12+/m1/s1. The highest BCUT2D eigenvalue weighted by molar-refractivity contribution is 5.94. The molecule has 92 valence electrons. The van der Waals surface area contributed by atoms with E-state index in [4.69, 9.17) is 5.73 Å². The molecule has 0 spiro atoms. The van der Waals surface area contributed by atoms with Gasteiger partial charge in [-0.1, -0.05) is 6.92 Å². The molecule has 1 amide bonds. The fourth-order valence-electron chi connectivity index (χ4n) is 2.52. The van der Waals surface area contributed by atoms with Crippen molar-refractivity contribution in [1.29, 1.82) is 0 Å². The zero-order valence-corrected chi connectivity index (χ0v) is 10.2. The van der Waals surface area contributed by atoms with Crippen LogP contribution in [0.2, 0.25) is 0 Å². The lowest BCUT2D eigenvalue weighted by molar-refractivity contribution is 0.0532. The molecule has 1 fully saturated rings. The Balaban J connectivity index is 2.18. The van der Waals surface area contributed by atoms with Gasteiger partial charge in [0.15, 0.2) is 0 Å². The molecular weight excluding hydrogens is 214 g/mol. The SMILES string of the molecule is C[C@@H]1CCCN(C(=O)c2ccncc2)[C@H]1CN. The van der Waals surface area contributed by atoms with E-state index < -0.39 is 0 Å². The summed E-state index contributed by atoms with van der Waals surface area (Å²) in [5, 5.41) is 0. The van der Waals surface area contributed by atoms with E-state index >= 15 is 0 Å². The third kappa shape index (κ3) is 2.47. The number of amides is 1. The summed E-state index contributed by atoms with van der Waals surface area (Å²) in [5.41, 5.74) is 6.50. The van der Waals surface area contributed by atoms with Gasteiger partial charge in [-0.15, -0.1) is 0 Å². The Bertz CT molecular complexity index is 380. The molecule has 0 radical (unpaired) electrons. The quantitative estimate of drug-likeness (QED) is 0.837. The predicted octanol–water partition coefficient (Wildman–Crippen LogP) is 1.28. The summed E-state index contributed by atoms with van der Waals surface area (Å²) >= 11 is 0. The van der Waals surface area contributed by atoms with Crippen molar-refractivity contribution in [2.24, 2.45) is 11.7 Å². The molecule has 4 heteroatoms. The maximum atomic E-state index is 12.4. The highest BCUT2D eigenvalue weighted by atomic mass is 16.2. The molecule has 2 atom stereocenters. The number of likely N-dealkylation sites (tertiary alicyclic amines) is 1. The number of nitrogens with two attached hydrogens (primary N) is 1. The molecule has 1 saturated heterocycles. The number of carbonyl (C=O) groups is 1. The molecule has 0 aliphatic carbocycles. The van der Waals surface area contributed by atoms with E-state index in [9.17, 15) is 4.79 Å². The Morgan fingerprint density at radius 3 is 2.88 bits per heavy atom. The molecule has 0 saturated carbocycles. The highest BCUT2D eigenvalue weighted by Crippen LogP contribution is 2.24. The van der Waals surface area contributed by atoms with Crippen LogP contribution in [0.4, 0.5) is 0 Å². The van der Waals surface area contributed by atoms with Crippen LogP contribution in [0, 0.1) is 5.92 Å². The first-order valence-electron chi connectivity index (χ1n) is 6.15. The minimum absolute atomic E-state index is 0.0781. The average Bonchev–Trinajstić information content (AvgIpc) is 2.38. The molecule has 0 aromatic carbocycles. The fourth-order valence-corrected chi connectivity index (χ4v) is 2.52. The van der Waals surface area contributed by atoms with E-state index in [1.807, 2.05) is 4.90 Å². The van der Waals surface area contributed by atoms with Crippen LogP contribution in [0.3, 0.4) is 0 Å². The minimum Gasteiger partial charge on any atom is -0.334 e. The topological polar surface area (TPSA) is 59.2 Å². The number of hydrogen-bond donors (Lipinski definition) is 1. The monoisotopic (exact) mass is 233 g/mol. The summed E-state index contributed by atoms with van der Waals surface area (Å²) in [5.74, 6) is 0.564. The smallest absolute Gasteiger partial charge is 0.254 e. The summed E-state index contributed by atoms with van der Waals surface area (Å²) in [6, 6.07) is 3.69. The van der Waals surface area contributed by atoms with Crippen molar-refractivity contribution >= 4 is 5.91 Å². The first-order valence-corrected chi connectivity index (χ1v) is 6.15. The van der Waals surface area contributed by atoms with E-state index in [1.165, 1.54) is 0 Å². The third-order valence-electron chi connectivity index (χ3n) is 3.55. The maximum absolute atomic E-state index is 12.4. The van der Waals surface area contributed by atoms with Crippen LogP contribution in [0.1, 0.15) is 30.1 Å². The van der Waals surface area contributed by atoms with Crippen molar-refractivity contribution in [3.8, 4) is 0 Å². The van der Waals surface area contributed by atoms with Gasteiger partial charge in [0.1, 0.15) is 0 Å². The molecule has 4 nitrogen and oxygen atoms in total. The Labute approximate surface area is 102 Å². The number of pyridine rings is 1. The van der Waals surface area contributed by atoms with Gasteiger partial charge in [0.2, 0.25) is 0 Å². The summed E-state index contributed by atoms with van der Waals surface area (Å²) in [7, 11) is 0. The Kier molecular flexibility index (Phi) is 3.74. The van der Waals surface area contributed by atoms with E-state index in [0.717, 1.165) is 19.4 Å². The molecule has 2 N–H and O–H groups in total. The lowest BCUT2D eigenvalue weighted by Gasteiger charge is -2.39. The second-order valence-corrected chi connectivity index (χ2v) is 4.66. The summed E-state index contributed by atoms with van der Waals surface area (Å²) in [4.78, 5) is 18.2. The van der Waals surface area contributed by atoms with Gasteiger partial charge in [-0.05, 0) is 30.9 Å². The molecule has 17 heavy (non-hydrogen) atoms. The van der Waals surface area contributed by atoms with Crippen LogP contribution in [-0.4, -0.2) is 34.9 Å². The highest BCUT2D eigenvalue weighted by Gasteiger charge is 2.31. The summed E-state index contributed by atoms with van der Waals surface area (Å²) < 4.78 is 0. The largest absolute Gasteiger partial charge is 0.334 e. The second kappa shape index (κ2) is 5.27. The molecule has 1 aromatic rings. The first-order chi connectivity index (χ1) is 8.24. The van der Waals surface area contributed by atoms with Gasteiger partial charge in [0.25, 0.3) is 5.91 Å². The molecule has 1 aliphatic heterocycles. The average molecular weight is 233 g/mol. The summed E-state index contributed by atoms with van der Waals surface area (Å²) in [6.07, 6.45) is 5.52. The lowest BCUT2D eigenvalue weighted by Crippen LogP contribution is -2.51. The molecular formula is C13H19N3O. The lowest BCUT2D eigenvalue weighted by atomic mass is 9.90. The van der Waals surface area contributed by atoms with Crippen molar-refractivity contribution in [3.05, 3.63) is 30.1 Å². The van der Waals surface area contributed by atoms with Crippen molar-refractivity contribution < 1.29 is 4.79 Å². The van der Waals surface area contributed by atoms with Crippen molar-refractivity contribution in [2.75, 3.05) is 13.1 Å². The Morgan fingerprint density at radius 1 is 1.53 bits per heavy atom. The van der Waals surface area contributed by atoms with Gasteiger partial charge in [0.05, 0.1) is 0 Å². The van der Waals surface area contributed by atoms with Crippen LogP contribution in [0.5, 0.6) is 0 Å². The number of aromatic nitrogens is 1. The van der Waals surface area contributed by atoms with Crippen LogP contribution in [0.25, 0.3) is 0 Å². The second-order valence-electron chi connectivity index (χ2n) is 4.66. The Hall–Kier alpha value is -1.42. The van der Waals surface area contributed by atoms with Crippen LogP contribution < -0.4 is 5.73 Å². The minimum atomic E-state index is 0.0781. The van der Waals surface area contributed by atoms with Gasteiger partial charge in [-0.2, -0.15) is 0 Å². The van der Waals surface area contributed by atoms with E-state index in [0.29, 0.717) is 18.0 Å². The number of nitrogens with zero attached hydrogens (tertiary/aromatic N) is 2. The van der Waals surface area contributed by atoms with Crippen LogP contribution >= 0.6 is 0 Å². The first kappa shape index (κ1) is 12.0. The normalized spacial score (nSPS) is 24.7. The predicted molar refractivity (Wildman–Crippen MR) is 66.5 cm³/mol. The fraction of sp³-hybridized carbons (Fsp3) is 0.538. The van der Waals surface area contributed by atoms with E-state index in [-0.39, 0.29) is 11.9 Å². The van der Waals surface area contributed by atoms with Gasteiger partial charge >= 0.3 is 0 Å². The maximum Gasteiger partial charge on any atom is 0.254 e. The number of rotatable bonds is 2. The molecule has 0 unspecified atom stereocenters. The summed E-state index contributed by atoms with van der Waals surface area (Å²) in [6.45, 7) is 3.52. The van der Waals surface area contributed by atoms with Crippen molar-refractivity contribution in [3.63, 3.8) is 0 Å². The van der Waals surface area contributed by atoms with Gasteiger partial charge in [-0.25, -0.2) is 0 Å².